The number of benzene rings is 2. The molecule has 0 radical (unpaired) electrons. The minimum atomic E-state index is 0.772. The molecule has 0 bridgehead atoms. The highest BCUT2D eigenvalue weighted by Crippen LogP contribution is 2.32. The number of H-pyrrole nitrogens is 1. The molecular formula is C18H16N2O. The number of aromatic nitrogens is 1. The van der Waals surface area contributed by atoms with Gasteiger partial charge in [0, 0.05) is 10.9 Å². The summed E-state index contributed by atoms with van der Waals surface area (Å²) in [5.41, 5.74) is 6.61. The topological polar surface area (TPSA) is 48.4 Å². The first kappa shape index (κ1) is 12.2. The van der Waals surface area contributed by atoms with Gasteiger partial charge in [0.25, 0.3) is 0 Å². The standard InChI is InChI=1S/C18H16N2O/c21-20-17-8-4-7-14-15-11-13(12-5-2-1-3-6-12)9-10-16(15)19-18(14)17/h1-3,5-6,9-11,19,21H,4,7-8H2/b20-17+. The van der Waals surface area contributed by atoms with E-state index in [0.29, 0.717) is 0 Å². The molecule has 3 heteroatoms. The summed E-state index contributed by atoms with van der Waals surface area (Å²) in [7, 11) is 0. The van der Waals surface area contributed by atoms with Crippen molar-refractivity contribution in [2.75, 3.05) is 0 Å². The Bertz CT molecular complexity index is 831. The van der Waals surface area contributed by atoms with Crippen LogP contribution in [0.2, 0.25) is 0 Å². The Kier molecular flexibility index (Phi) is 2.78. The first-order valence-electron chi connectivity index (χ1n) is 7.28. The van der Waals surface area contributed by atoms with E-state index in [1.807, 2.05) is 6.07 Å². The number of hydrogen-bond donors (Lipinski definition) is 2. The third kappa shape index (κ3) is 1.93. The molecule has 21 heavy (non-hydrogen) atoms. The van der Waals surface area contributed by atoms with Gasteiger partial charge in [0.1, 0.15) is 5.71 Å². The molecule has 0 aliphatic heterocycles. The number of oxime groups is 1. The summed E-state index contributed by atoms with van der Waals surface area (Å²) in [6, 6.07) is 16.9. The van der Waals surface area contributed by atoms with Crippen molar-refractivity contribution in [1.82, 2.24) is 4.98 Å². The molecule has 2 N–H and O–H groups in total. The number of aromatic amines is 1. The van der Waals surface area contributed by atoms with Gasteiger partial charge in [-0.1, -0.05) is 41.6 Å². The third-order valence-electron chi connectivity index (χ3n) is 4.26. The minimum absolute atomic E-state index is 0.772. The number of nitrogens with one attached hydrogen (secondary N) is 1. The minimum Gasteiger partial charge on any atom is -0.411 e. The van der Waals surface area contributed by atoms with Gasteiger partial charge in [-0.3, -0.25) is 0 Å². The summed E-state index contributed by atoms with van der Waals surface area (Å²) in [5.74, 6) is 0. The van der Waals surface area contributed by atoms with Crippen LogP contribution in [-0.4, -0.2) is 15.9 Å². The van der Waals surface area contributed by atoms with Crippen molar-refractivity contribution in [3.63, 3.8) is 0 Å². The van der Waals surface area contributed by atoms with E-state index in [1.165, 1.54) is 22.1 Å². The van der Waals surface area contributed by atoms with Crippen LogP contribution < -0.4 is 0 Å². The number of hydrogen-bond acceptors (Lipinski definition) is 2. The van der Waals surface area contributed by atoms with Crippen LogP contribution in [0.1, 0.15) is 24.1 Å². The van der Waals surface area contributed by atoms with E-state index in [2.05, 4.69) is 52.6 Å². The molecule has 0 spiro atoms. The van der Waals surface area contributed by atoms with E-state index in [1.54, 1.807) is 0 Å². The van der Waals surface area contributed by atoms with E-state index in [-0.39, 0.29) is 0 Å². The Labute approximate surface area is 122 Å². The molecule has 104 valence electrons. The van der Waals surface area contributed by atoms with Crippen molar-refractivity contribution in [2.45, 2.75) is 19.3 Å². The Morgan fingerprint density at radius 1 is 0.952 bits per heavy atom. The van der Waals surface area contributed by atoms with Crippen molar-refractivity contribution in [3.05, 3.63) is 59.8 Å². The zero-order chi connectivity index (χ0) is 14.2. The van der Waals surface area contributed by atoms with Gasteiger partial charge in [-0.05, 0) is 48.1 Å². The lowest BCUT2D eigenvalue weighted by atomic mass is 9.93. The van der Waals surface area contributed by atoms with Crippen molar-refractivity contribution in [3.8, 4) is 11.1 Å². The Morgan fingerprint density at radius 2 is 1.81 bits per heavy atom. The molecule has 4 rings (SSSR count). The Hall–Kier alpha value is -2.55. The first-order chi connectivity index (χ1) is 10.4. The highest BCUT2D eigenvalue weighted by Gasteiger charge is 2.21. The van der Waals surface area contributed by atoms with Gasteiger partial charge in [-0.2, -0.15) is 0 Å². The molecule has 1 aliphatic carbocycles. The van der Waals surface area contributed by atoms with Gasteiger partial charge in [-0.15, -0.1) is 0 Å². The molecule has 1 aliphatic rings. The lowest BCUT2D eigenvalue weighted by Gasteiger charge is -2.12. The maximum absolute atomic E-state index is 9.16. The van der Waals surface area contributed by atoms with Gasteiger partial charge >= 0.3 is 0 Å². The van der Waals surface area contributed by atoms with E-state index < -0.39 is 0 Å². The molecule has 0 amide bonds. The van der Waals surface area contributed by atoms with Crippen LogP contribution in [0.4, 0.5) is 0 Å². The summed E-state index contributed by atoms with van der Waals surface area (Å²) in [5, 5.41) is 13.9. The highest BCUT2D eigenvalue weighted by atomic mass is 16.4. The van der Waals surface area contributed by atoms with Crippen LogP contribution in [0.25, 0.3) is 22.0 Å². The molecule has 0 saturated carbocycles. The molecule has 1 heterocycles. The summed E-state index contributed by atoms with van der Waals surface area (Å²) in [6.07, 6.45) is 2.91. The van der Waals surface area contributed by atoms with Crippen molar-refractivity contribution >= 4 is 16.6 Å². The van der Waals surface area contributed by atoms with Gasteiger partial charge < -0.3 is 10.2 Å². The molecule has 0 unspecified atom stereocenters. The molecule has 0 saturated heterocycles. The van der Waals surface area contributed by atoms with Crippen LogP contribution in [0, 0.1) is 0 Å². The molecule has 3 nitrogen and oxygen atoms in total. The average Bonchev–Trinajstić information content (AvgIpc) is 2.93. The number of nitrogens with zero attached hydrogens (tertiary/aromatic N) is 1. The second-order valence-corrected chi connectivity index (χ2v) is 5.51. The fourth-order valence-electron chi connectivity index (χ4n) is 3.22. The van der Waals surface area contributed by atoms with Crippen LogP contribution in [0.5, 0.6) is 0 Å². The predicted octanol–water partition coefficient (Wildman–Crippen LogP) is 4.35. The maximum atomic E-state index is 9.16. The molecule has 2 aromatic carbocycles. The Balaban J connectivity index is 1.92. The van der Waals surface area contributed by atoms with Crippen molar-refractivity contribution in [2.24, 2.45) is 5.16 Å². The molecule has 0 fully saturated rings. The monoisotopic (exact) mass is 276 g/mol. The van der Waals surface area contributed by atoms with Crippen LogP contribution >= 0.6 is 0 Å². The summed E-state index contributed by atoms with van der Waals surface area (Å²) in [6.45, 7) is 0. The largest absolute Gasteiger partial charge is 0.411 e. The number of rotatable bonds is 1. The van der Waals surface area contributed by atoms with Crippen LogP contribution in [0.3, 0.4) is 0 Å². The van der Waals surface area contributed by atoms with E-state index >= 15 is 0 Å². The first-order valence-corrected chi connectivity index (χ1v) is 7.28. The second kappa shape index (κ2) is 4.77. The smallest absolute Gasteiger partial charge is 0.103 e. The van der Waals surface area contributed by atoms with Gasteiger partial charge in [0.15, 0.2) is 0 Å². The lowest BCUT2D eigenvalue weighted by molar-refractivity contribution is 0.317. The normalized spacial score (nSPS) is 16.3. The predicted molar refractivity (Wildman–Crippen MR) is 85.0 cm³/mol. The summed E-state index contributed by atoms with van der Waals surface area (Å²) < 4.78 is 0. The zero-order valence-electron chi connectivity index (χ0n) is 11.6. The average molecular weight is 276 g/mol. The van der Waals surface area contributed by atoms with E-state index in [4.69, 9.17) is 5.21 Å². The lowest BCUT2D eigenvalue weighted by Crippen LogP contribution is -2.10. The van der Waals surface area contributed by atoms with Gasteiger partial charge in [-0.25, -0.2) is 0 Å². The SMILES string of the molecule is O/N=C1\CCCc2c1[nH]c1ccc(-c3ccccc3)cc21. The number of aryl methyl sites for hydroxylation is 1. The molecule has 1 aromatic heterocycles. The summed E-state index contributed by atoms with van der Waals surface area (Å²) in [4.78, 5) is 3.40. The van der Waals surface area contributed by atoms with E-state index in [0.717, 1.165) is 36.2 Å². The molecule has 3 aromatic rings. The Morgan fingerprint density at radius 3 is 2.62 bits per heavy atom. The van der Waals surface area contributed by atoms with Gasteiger partial charge in [0.2, 0.25) is 0 Å². The van der Waals surface area contributed by atoms with E-state index in [9.17, 15) is 0 Å². The summed E-state index contributed by atoms with van der Waals surface area (Å²) >= 11 is 0. The fraction of sp³-hybridized carbons (Fsp3) is 0.167. The van der Waals surface area contributed by atoms with Gasteiger partial charge in [0.05, 0.1) is 5.69 Å². The molecular weight excluding hydrogens is 260 g/mol. The molecule has 0 atom stereocenters. The highest BCUT2D eigenvalue weighted by molar-refractivity contribution is 6.06. The maximum Gasteiger partial charge on any atom is 0.103 e. The van der Waals surface area contributed by atoms with Crippen molar-refractivity contribution in [1.29, 1.82) is 0 Å². The quantitative estimate of drug-likeness (QED) is 0.504. The number of fused-ring (bicyclic) bond motifs is 3. The fourth-order valence-corrected chi connectivity index (χ4v) is 3.22. The van der Waals surface area contributed by atoms with Crippen LogP contribution in [0.15, 0.2) is 53.7 Å². The zero-order valence-corrected chi connectivity index (χ0v) is 11.6. The second-order valence-electron chi connectivity index (χ2n) is 5.51. The van der Waals surface area contributed by atoms with Crippen LogP contribution in [-0.2, 0) is 6.42 Å². The van der Waals surface area contributed by atoms with Crippen molar-refractivity contribution < 1.29 is 5.21 Å². The third-order valence-corrected chi connectivity index (χ3v) is 4.26.